The van der Waals surface area contributed by atoms with Gasteiger partial charge in [0.15, 0.2) is 5.13 Å². The number of fused-ring (bicyclic) bond motifs is 1. The number of hydrogen-bond donors (Lipinski definition) is 1. The largest absolute Gasteiger partial charge is 0.488 e. The fourth-order valence-electron chi connectivity index (χ4n) is 2.76. The number of ether oxygens (including phenoxy) is 2. The van der Waals surface area contributed by atoms with Gasteiger partial charge in [0.05, 0.1) is 11.3 Å². The first kappa shape index (κ1) is 18.1. The molecule has 3 aromatic rings. The van der Waals surface area contributed by atoms with Gasteiger partial charge in [-0.1, -0.05) is 30.3 Å². The van der Waals surface area contributed by atoms with Crippen molar-refractivity contribution < 1.29 is 23.0 Å². The molecule has 0 unspecified atom stereocenters. The van der Waals surface area contributed by atoms with Crippen molar-refractivity contribution in [3.05, 3.63) is 65.0 Å². The number of amides is 1. The summed E-state index contributed by atoms with van der Waals surface area (Å²) in [5.41, 5.74) is 2.16. The van der Waals surface area contributed by atoms with Crippen molar-refractivity contribution in [3.8, 4) is 22.8 Å². The first-order chi connectivity index (χ1) is 13.6. The van der Waals surface area contributed by atoms with Gasteiger partial charge in [0, 0.05) is 16.5 Å². The molecule has 1 amide bonds. The molecule has 0 atom stereocenters. The first-order valence-electron chi connectivity index (χ1n) is 8.33. The fourth-order valence-corrected chi connectivity index (χ4v) is 3.46. The minimum Gasteiger partial charge on any atom is -0.488 e. The molecule has 0 saturated carbocycles. The molecule has 1 aliphatic rings. The van der Waals surface area contributed by atoms with Crippen molar-refractivity contribution in [2.24, 2.45) is 0 Å². The third-order valence-corrected chi connectivity index (χ3v) is 4.79. The second-order valence-corrected chi connectivity index (χ2v) is 6.72. The van der Waals surface area contributed by atoms with Gasteiger partial charge >= 0.3 is 6.61 Å². The molecule has 1 aliphatic heterocycles. The lowest BCUT2D eigenvalue weighted by Gasteiger charge is -2.16. The van der Waals surface area contributed by atoms with E-state index < -0.39 is 6.61 Å². The molecule has 0 saturated heterocycles. The summed E-state index contributed by atoms with van der Waals surface area (Å²) >= 11 is 1.20. The van der Waals surface area contributed by atoms with E-state index in [-0.39, 0.29) is 18.3 Å². The number of nitrogens with zero attached hydrogens (tertiary/aromatic N) is 1. The Hall–Kier alpha value is -3.26. The summed E-state index contributed by atoms with van der Waals surface area (Å²) in [6, 6.07) is 13.8. The SMILES string of the molecule is O=C(Nc1nc(-c2ccccc2OC(F)F)cs1)C1=Cc2ccccc2OC1. The minimum atomic E-state index is -2.93. The number of nitrogens with one attached hydrogen (secondary N) is 1. The Morgan fingerprint density at radius 2 is 1.96 bits per heavy atom. The highest BCUT2D eigenvalue weighted by molar-refractivity contribution is 7.14. The van der Waals surface area contributed by atoms with E-state index in [1.165, 1.54) is 17.4 Å². The van der Waals surface area contributed by atoms with Crippen LogP contribution >= 0.6 is 11.3 Å². The van der Waals surface area contributed by atoms with Crippen LogP contribution in [0.1, 0.15) is 5.56 Å². The molecule has 142 valence electrons. The lowest BCUT2D eigenvalue weighted by atomic mass is 10.1. The summed E-state index contributed by atoms with van der Waals surface area (Å²) in [6.45, 7) is -2.77. The summed E-state index contributed by atoms with van der Waals surface area (Å²) in [5.74, 6) is 0.430. The molecule has 1 aromatic heterocycles. The standard InChI is InChI=1S/C20H14F2N2O3S/c21-19(22)27-17-8-4-2-6-14(17)15-11-28-20(23-15)24-18(25)13-9-12-5-1-3-7-16(12)26-10-13/h1-9,11,19H,10H2,(H,23,24,25). The minimum absolute atomic E-state index is 0.0284. The van der Waals surface area contributed by atoms with E-state index in [2.05, 4.69) is 15.0 Å². The number of hydrogen-bond acceptors (Lipinski definition) is 5. The van der Waals surface area contributed by atoms with Crippen LogP contribution in [0.15, 0.2) is 59.5 Å². The predicted octanol–water partition coefficient (Wildman–Crippen LogP) is 4.83. The number of thiazole rings is 1. The Kier molecular flexibility index (Phi) is 5.03. The lowest BCUT2D eigenvalue weighted by Crippen LogP contribution is -2.21. The second kappa shape index (κ2) is 7.77. The van der Waals surface area contributed by atoms with Gasteiger partial charge in [-0.3, -0.25) is 10.1 Å². The van der Waals surface area contributed by atoms with E-state index in [4.69, 9.17) is 4.74 Å². The number of para-hydroxylation sites is 2. The zero-order valence-electron chi connectivity index (χ0n) is 14.4. The predicted molar refractivity (Wildman–Crippen MR) is 103 cm³/mol. The van der Waals surface area contributed by atoms with Crippen molar-refractivity contribution >= 4 is 28.5 Å². The van der Waals surface area contributed by atoms with Crippen molar-refractivity contribution in [2.45, 2.75) is 6.61 Å². The molecule has 0 fully saturated rings. The number of rotatable bonds is 5. The maximum atomic E-state index is 12.6. The maximum Gasteiger partial charge on any atom is 0.387 e. The molecule has 2 heterocycles. The molecule has 1 N–H and O–H groups in total. The number of benzene rings is 2. The van der Waals surface area contributed by atoms with Crippen molar-refractivity contribution in [1.29, 1.82) is 0 Å². The summed E-state index contributed by atoms with van der Waals surface area (Å²) in [6.07, 6.45) is 1.77. The van der Waals surface area contributed by atoms with Gasteiger partial charge in [0.2, 0.25) is 0 Å². The lowest BCUT2D eigenvalue weighted by molar-refractivity contribution is -0.113. The molecule has 0 radical (unpaired) electrons. The van der Waals surface area contributed by atoms with E-state index >= 15 is 0 Å². The number of carbonyl (C=O) groups is 1. The highest BCUT2D eigenvalue weighted by atomic mass is 32.1. The number of carbonyl (C=O) groups excluding carboxylic acids is 1. The van der Waals surface area contributed by atoms with Gasteiger partial charge in [0.25, 0.3) is 5.91 Å². The van der Waals surface area contributed by atoms with Crippen LogP contribution in [-0.2, 0) is 4.79 Å². The molecule has 5 nitrogen and oxygen atoms in total. The summed E-state index contributed by atoms with van der Waals surface area (Å²) < 4.78 is 35.3. The fraction of sp³-hybridized carbons (Fsp3) is 0.100. The van der Waals surface area contributed by atoms with Gasteiger partial charge < -0.3 is 9.47 Å². The first-order valence-corrected chi connectivity index (χ1v) is 9.21. The average Bonchev–Trinajstić information content (AvgIpc) is 3.15. The van der Waals surface area contributed by atoms with Crippen LogP contribution in [0.4, 0.5) is 13.9 Å². The Morgan fingerprint density at radius 1 is 1.18 bits per heavy atom. The van der Waals surface area contributed by atoms with E-state index in [0.717, 1.165) is 11.3 Å². The van der Waals surface area contributed by atoms with Crippen LogP contribution in [-0.4, -0.2) is 24.1 Å². The van der Waals surface area contributed by atoms with Crippen molar-refractivity contribution in [2.75, 3.05) is 11.9 Å². The molecule has 0 aliphatic carbocycles. The highest BCUT2D eigenvalue weighted by Crippen LogP contribution is 2.33. The number of alkyl halides is 2. The number of aromatic nitrogens is 1. The van der Waals surface area contributed by atoms with Crippen molar-refractivity contribution in [3.63, 3.8) is 0 Å². The molecular weight excluding hydrogens is 386 g/mol. The van der Waals surface area contributed by atoms with Crippen LogP contribution < -0.4 is 14.8 Å². The summed E-state index contributed by atoms with van der Waals surface area (Å²) in [5, 5.41) is 4.75. The summed E-state index contributed by atoms with van der Waals surface area (Å²) in [4.78, 5) is 16.8. The molecule has 0 spiro atoms. The average molecular weight is 400 g/mol. The molecule has 4 rings (SSSR count). The Labute approximate surface area is 163 Å². The van der Waals surface area contributed by atoms with Crippen LogP contribution in [0.2, 0.25) is 0 Å². The van der Waals surface area contributed by atoms with Gasteiger partial charge in [-0.25, -0.2) is 4.98 Å². The Balaban J connectivity index is 1.52. The molecule has 8 heteroatoms. The topological polar surface area (TPSA) is 60.5 Å². The Bertz CT molecular complexity index is 1050. The monoisotopic (exact) mass is 400 g/mol. The van der Waals surface area contributed by atoms with E-state index in [0.29, 0.717) is 22.0 Å². The quantitative estimate of drug-likeness (QED) is 0.667. The van der Waals surface area contributed by atoms with Gasteiger partial charge in [-0.15, -0.1) is 11.3 Å². The number of halogens is 2. The molecule has 0 bridgehead atoms. The zero-order chi connectivity index (χ0) is 19.5. The van der Waals surface area contributed by atoms with E-state index in [1.54, 1.807) is 29.7 Å². The van der Waals surface area contributed by atoms with Crippen LogP contribution in [0.25, 0.3) is 17.3 Å². The molecule has 28 heavy (non-hydrogen) atoms. The van der Waals surface area contributed by atoms with Crippen molar-refractivity contribution in [1.82, 2.24) is 4.98 Å². The maximum absolute atomic E-state index is 12.6. The van der Waals surface area contributed by atoms with Gasteiger partial charge in [0.1, 0.15) is 18.1 Å². The van der Waals surface area contributed by atoms with Crippen LogP contribution in [0, 0.1) is 0 Å². The summed E-state index contributed by atoms with van der Waals surface area (Å²) in [7, 11) is 0. The normalized spacial score (nSPS) is 12.8. The number of anilines is 1. The van der Waals surface area contributed by atoms with Crippen LogP contribution in [0.3, 0.4) is 0 Å². The zero-order valence-corrected chi connectivity index (χ0v) is 15.2. The smallest absolute Gasteiger partial charge is 0.387 e. The Morgan fingerprint density at radius 3 is 2.82 bits per heavy atom. The van der Waals surface area contributed by atoms with Crippen LogP contribution in [0.5, 0.6) is 11.5 Å². The highest BCUT2D eigenvalue weighted by Gasteiger charge is 2.19. The van der Waals surface area contributed by atoms with E-state index in [1.807, 2.05) is 24.3 Å². The van der Waals surface area contributed by atoms with Gasteiger partial charge in [-0.2, -0.15) is 8.78 Å². The van der Waals surface area contributed by atoms with Gasteiger partial charge in [-0.05, 0) is 24.3 Å². The second-order valence-electron chi connectivity index (χ2n) is 5.86. The van der Waals surface area contributed by atoms with E-state index in [9.17, 15) is 13.6 Å². The third kappa shape index (κ3) is 3.86. The third-order valence-electron chi connectivity index (χ3n) is 4.03. The molecular formula is C20H14F2N2O3S. The molecule has 2 aromatic carbocycles.